The molecule has 2 aliphatic carbocycles. The summed E-state index contributed by atoms with van der Waals surface area (Å²) in [6.45, 7) is 0. The second-order valence-electron chi connectivity index (χ2n) is 7.26. The Morgan fingerprint density at radius 2 is 1.62 bits per heavy atom. The molecular formula is C21H25NO2. The monoisotopic (exact) mass is 323 g/mol. The van der Waals surface area contributed by atoms with Crippen LogP contribution in [0.25, 0.3) is 10.9 Å². The Labute approximate surface area is 143 Å². The van der Waals surface area contributed by atoms with Crippen molar-refractivity contribution in [1.82, 2.24) is 4.98 Å². The molecule has 2 aromatic rings. The number of ether oxygens (including phenoxy) is 1. The van der Waals surface area contributed by atoms with E-state index in [0.29, 0.717) is 11.8 Å². The molecule has 0 spiro atoms. The quantitative estimate of drug-likeness (QED) is 0.716. The third-order valence-corrected chi connectivity index (χ3v) is 5.86. The van der Waals surface area contributed by atoms with Crippen molar-refractivity contribution in [1.29, 1.82) is 0 Å². The van der Waals surface area contributed by atoms with Gasteiger partial charge in [0.05, 0.1) is 23.9 Å². The number of esters is 1. The van der Waals surface area contributed by atoms with Crippen molar-refractivity contribution in [2.24, 2.45) is 0 Å². The molecule has 3 nitrogen and oxygen atoms in total. The molecule has 1 heterocycles. The lowest BCUT2D eigenvalue weighted by molar-refractivity contribution is 0.0596. The fourth-order valence-corrected chi connectivity index (χ4v) is 4.71. The second kappa shape index (κ2) is 6.54. The van der Waals surface area contributed by atoms with Crippen molar-refractivity contribution < 1.29 is 9.53 Å². The van der Waals surface area contributed by atoms with Crippen LogP contribution in [-0.2, 0) is 4.74 Å². The average Bonchev–Trinajstić information content (AvgIpc) is 3.32. The smallest absolute Gasteiger partial charge is 0.340 e. The van der Waals surface area contributed by atoms with Gasteiger partial charge in [0.15, 0.2) is 0 Å². The number of hydrogen-bond acceptors (Lipinski definition) is 3. The van der Waals surface area contributed by atoms with E-state index in [2.05, 4.69) is 18.2 Å². The van der Waals surface area contributed by atoms with Gasteiger partial charge in [-0.2, -0.15) is 0 Å². The predicted molar refractivity (Wildman–Crippen MR) is 95.5 cm³/mol. The molecule has 1 aromatic heterocycles. The molecule has 0 saturated heterocycles. The van der Waals surface area contributed by atoms with E-state index in [-0.39, 0.29) is 5.97 Å². The topological polar surface area (TPSA) is 39.2 Å². The number of carbonyl (C=O) groups excluding carboxylic acids is 1. The van der Waals surface area contributed by atoms with Crippen molar-refractivity contribution in [3.8, 4) is 0 Å². The van der Waals surface area contributed by atoms with Gasteiger partial charge < -0.3 is 4.74 Å². The number of carbonyl (C=O) groups is 1. The van der Waals surface area contributed by atoms with E-state index >= 15 is 0 Å². The van der Waals surface area contributed by atoms with Gasteiger partial charge in [-0.3, -0.25) is 4.98 Å². The van der Waals surface area contributed by atoms with Crippen molar-refractivity contribution in [2.45, 2.75) is 63.2 Å². The SMILES string of the molecule is COC(=O)c1c(C2CCCC2)nc2ccccc2c1C1CCCC1. The normalized spacial score (nSPS) is 19.2. The number of hydrogen-bond donors (Lipinski definition) is 0. The zero-order valence-corrected chi connectivity index (χ0v) is 14.4. The fraction of sp³-hybridized carbons (Fsp3) is 0.524. The Morgan fingerprint density at radius 1 is 1.00 bits per heavy atom. The van der Waals surface area contributed by atoms with E-state index in [1.807, 2.05) is 6.07 Å². The van der Waals surface area contributed by atoms with E-state index < -0.39 is 0 Å². The molecule has 0 unspecified atom stereocenters. The largest absolute Gasteiger partial charge is 0.465 e. The number of aromatic nitrogens is 1. The summed E-state index contributed by atoms with van der Waals surface area (Å²) < 4.78 is 5.21. The van der Waals surface area contributed by atoms with Crippen LogP contribution in [0.4, 0.5) is 0 Å². The molecule has 24 heavy (non-hydrogen) atoms. The summed E-state index contributed by atoms with van der Waals surface area (Å²) in [5.41, 5.74) is 4.04. The summed E-state index contributed by atoms with van der Waals surface area (Å²) in [5, 5.41) is 1.14. The Hall–Kier alpha value is -1.90. The molecule has 0 radical (unpaired) electrons. The van der Waals surface area contributed by atoms with Crippen molar-refractivity contribution >= 4 is 16.9 Å². The summed E-state index contributed by atoms with van der Waals surface area (Å²) >= 11 is 0. The van der Waals surface area contributed by atoms with Crippen LogP contribution in [0.15, 0.2) is 24.3 Å². The molecule has 1 aromatic carbocycles. The van der Waals surface area contributed by atoms with Gasteiger partial charge in [-0.25, -0.2) is 4.79 Å². The number of fused-ring (bicyclic) bond motifs is 1. The highest BCUT2D eigenvalue weighted by Gasteiger charge is 2.32. The molecule has 0 amide bonds. The molecular weight excluding hydrogens is 298 g/mol. The molecule has 0 bridgehead atoms. The maximum Gasteiger partial charge on any atom is 0.340 e. The zero-order chi connectivity index (χ0) is 16.5. The minimum atomic E-state index is -0.197. The van der Waals surface area contributed by atoms with Gasteiger partial charge in [0.1, 0.15) is 0 Å². The van der Waals surface area contributed by atoms with Crippen LogP contribution in [0.5, 0.6) is 0 Å². The van der Waals surface area contributed by atoms with E-state index in [1.165, 1.54) is 51.2 Å². The molecule has 2 aliphatic rings. The van der Waals surface area contributed by atoms with Gasteiger partial charge in [0.2, 0.25) is 0 Å². The Kier molecular flexibility index (Phi) is 4.26. The van der Waals surface area contributed by atoms with Crippen LogP contribution < -0.4 is 0 Å². The summed E-state index contributed by atoms with van der Waals surface area (Å²) in [7, 11) is 1.49. The van der Waals surface area contributed by atoms with E-state index in [1.54, 1.807) is 0 Å². The minimum absolute atomic E-state index is 0.197. The van der Waals surface area contributed by atoms with Gasteiger partial charge in [-0.05, 0) is 43.2 Å². The molecule has 2 fully saturated rings. The Bertz CT molecular complexity index is 756. The van der Waals surface area contributed by atoms with Crippen LogP contribution in [0.2, 0.25) is 0 Å². The number of rotatable bonds is 3. The van der Waals surface area contributed by atoms with Crippen molar-refractivity contribution in [3.63, 3.8) is 0 Å². The average molecular weight is 323 g/mol. The van der Waals surface area contributed by atoms with E-state index in [9.17, 15) is 4.79 Å². The highest BCUT2D eigenvalue weighted by molar-refractivity contribution is 5.99. The number of pyridine rings is 1. The number of nitrogens with zero attached hydrogens (tertiary/aromatic N) is 1. The Morgan fingerprint density at radius 3 is 2.29 bits per heavy atom. The minimum Gasteiger partial charge on any atom is -0.465 e. The first-order chi connectivity index (χ1) is 11.8. The maximum absolute atomic E-state index is 12.7. The molecule has 0 N–H and O–H groups in total. The van der Waals surface area contributed by atoms with Crippen molar-refractivity contribution in [3.05, 3.63) is 41.1 Å². The molecule has 0 atom stereocenters. The van der Waals surface area contributed by atoms with Gasteiger partial charge in [-0.15, -0.1) is 0 Å². The molecule has 4 rings (SSSR count). The summed E-state index contributed by atoms with van der Waals surface area (Å²) in [5.74, 6) is 0.674. The lowest BCUT2D eigenvalue weighted by Crippen LogP contribution is -2.16. The molecule has 126 valence electrons. The third-order valence-electron chi connectivity index (χ3n) is 5.86. The number of para-hydroxylation sites is 1. The van der Waals surface area contributed by atoms with Gasteiger partial charge in [-0.1, -0.05) is 43.9 Å². The van der Waals surface area contributed by atoms with Gasteiger partial charge in [0.25, 0.3) is 0 Å². The van der Waals surface area contributed by atoms with Crippen LogP contribution in [0.1, 0.15) is 84.8 Å². The number of methoxy groups -OCH3 is 1. The van der Waals surface area contributed by atoms with E-state index in [0.717, 1.165) is 35.0 Å². The third kappa shape index (κ3) is 2.60. The second-order valence-corrected chi connectivity index (χ2v) is 7.26. The highest BCUT2D eigenvalue weighted by atomic mass is 16.5. The summed E-state index contributed by atoms with van der Waals surface area (Å²) in [6, 6.07) is 8.32. The van der Waals surface area contributed by atoms with Gasteiger partial charge >= 0.3 is 5.97 Å². The predicted octanol–water partition coefficient (Wildman–Crippen LogP) is 5.34. The van der Waals surface area contributed by atoms with Crippen LogP contribution in [0, 0.1) is 0 Å². The maximum atomic E-state index is 12.7. The fourth-order valence-electron chi connectivity index (χ4n) is 4.71. The molecule has 3 heteroatoms. The summed E-state index contributed by atoms with van der Waals surface area (Å²) in [6.07, 6.45) is 9.58. The standard InChI is InChI=1S/C21H25NO2/c1-24-21(23)19-18(14-8-2-3-9-14)16-12-6-7-13-17(16)22-20(19)15-10-4-5-11-15/h6-7,12-15H,2-5,8-11H2,1H3. The Balaban J connectivity index is 2.00. The first-order valence-corrected chi connectivity index (χ1v) is 9.30. The summed E-state index contributed by atoms with van der Waals surface area (Å²) in [4.78, 5) is 17.7. The zero-order valence-electron chi connectivity index (χ0n) is 14.4. The van der Waals surface area contributed by atoms with Crippen LogP contribution in [0.3, 0.4) is 0 Å². The van der Waals surface area contributed by atoms with Gasteiger partial charge in [0, 0.05) is 11.3 Å². The first kappa shape index (κ1) is 15.6. The molecule has 0 aliphatic heterocycles. The molecule has 2 saturated carbocycles. The van der Waals surface area contributed by atoms with Crippen LogP contribution >= 0.6 is 0 Å². The lowest BCUT2D eigenvalue weighted by atomic mass is 9.85. The first-order valence-electron chi connectivity index (χ1n) is 9.30. The highest BCUT2D eigenvalue weighted by Crippen LogP contribution is 2.44. The van der Waals surface area contributed by atoms with E-state index in [4.69, 9.17) is 9.72 Å². The van der Waals surface area contributed by atoms with Crippen LogP contribution in [-0.4, -0.2) is 18.1 Å². The van der Waals surface area contributed by atoms with Crippen molar-refractivity contribution in [2.75, 3.05) is 7.11 Å². The number of benzene rings is 1. The lowest BCUT2D eigenvalue weighted by Gasteiger charge is -2.22.